The van der Waals surface area contributed by atoms with Gasteiger partial charge >= 0.3 is 5.97 Å². The van der Waals surface area contributed by atoms with E-state index in [1.165, 1.54) is 0 Å². The Kier molecular flexibility index (Phi) is 5.05. The third-order valence-corrected chi connectivity index (χ3v) is 3.96. The maximum Gasteiger partial charge on any atom is 0.338 e. The molecule has 0 amide bonds. The predicted molar refractivity (Wildman–Crippen MR) is 80.7 cm³/mol. The van der Waals surface area contributed by atoms with Crippen molar-refractivity contribution < 1.29 is 9.53 Å². The Morgan fingerprint density at radius 3 is 2.11 bits per heavy atom. The number of carbonyl (C=O) groups excluding carboxylic acids is 1. The van der Waals surface area contributed by atoms with E-state index in [0.717, 1.165) is 14.3 Å². The lowest BCUT2D eigenvalue weighted by Gasteiger charge is -2.04. The number of esters is 1. The maximum absolute atomic E-state index is 11.5. The summed E-state index contributed by atoms with van der Waals surface area (Å²) in [5, 5.41) is 0. The quantitative estimate of drug-likeness (QED) is 0.751. The van der Waals surface area contributed by atoms with Crippen molar-refractivity contribution in [3.05, 3.63) is 58.6 Å². The number of benzene rings is 2. The van der Waals surface area contributed by atoms with Crippen LogP contribution in [0.3, 0.4) is 0 Å². The summed E-state index contributed by atoms with van der Waals surface area (Å²) >= 11 is 5.07. The lowest BCUT2D eigenvalue weighted by molar-refractivity contribution is 0.0526. The third kappa shape index (κ3) is 4.11. The minimum absolute atomic E-state index is 0.275. The van der Waals surface area contributed by atoms with Crippen molar-refractivity contribution in [2.45, 2.75) is 16.7 Å². The number of halogens is 1. The number of rotatable bonds is 4. The van der Waals surface area contributed by atoms with Gasteiger partial charge in [-0.15, -0.1) is 0 Å². The fourth-order valence-electron chi connectivity index (χ4n) is 1.51. The van der Waals surface area contributed by atoms with E-state index < -0.39 is 0 Å². The highest BCUT2D eigenvalue weighted by Crippen LogP contribution is 2.28. The van der Waals surface area contributed by atoms with Crippen molar-refractivity contribution in [1.82, 2.24) is 0 Å². The van der Waals surface area contributed by atoms with Crippen molar-refractivity contribution >= 4 is 33.7 Å². The molecule has 4 heteroatoms. The summed E-state index contributed by atoms with van der Waals surface area (Å²) in [5.74, 6) is -0.275. The molecule has 2 aromatic carbocycles. The summed E-state index contributed by atoms with van der Waals surface area (Å²) in [7, 11) is 0. The Labute approximate surface area is 125 Å². The summed E-state index contributed by atoms with van der Waals surface area (Å²) in [5.41, 5.74) is 0.585. The van der Waals surface area contributed by atoms with E-state index >= 15 is 0 Å². The Balaban J connectivity index is 2.06. The van der Waals surface area contributed by atoms with Gasteiger partial charge in [-0.3, -0.25) is 0 Å². The van der Waals surface area contributed by atoms with Crippen LogP contribution < -0.4 is 0 Å². The van der Waals surface area contributed by atoms with E-state index in [1.54, 1.807) is 30.8 Å². The van der Waals surface area contributed by atoms with E-state index in [0.29, 0.717) is 12.2 Å². The van der Waals surface area contributed by atoms with Crippen LogP contribution in [0, 0.1) is 0 Å². The molecule has 0 unspecified atom stereocenters. The minimum atomic E-state index is -0.275. The zero-order valence-electron chi connectivity index (χ0n) is 10.4. The topological polar surface area (TPSA) is 26.3 Å². The molecule has 0 N–H and O–H groups in total. The van der Waals surface area contributed by atoms with E-state index in [2.05, 4.69) is 15.9 Å². The zero-order chi connectivity index (χ0) is 13.7. The molecule has 2 aromatic rings. The lowest BCUT2D eigenvalue weighted by Crippen LogP contribution is -2.03. The average molecular weight is 337 g/mol. The van der Waals surface area contributed by atoms with Gasteiger partial charge in [-0.25, -0.2) is 4.79 Å². The Hall–Kier alpha value is -1.26. The molecule has 0 saturated carbocycles. The van der Waals surface area contributed by atoms with Gasteiger partial charge in [0.25, 0.3) is 0 Å². The summed E-state index contributed by atoms with van der Waals surface area (Å²) in [4.78, 5) is 13.8. The maximum atomic E-state index is 11.5. The summed E-state index contributed by atoms with van der Waals surface area (Å²) in [6.45, 7) is 2.20. The van der Waals surface area contributed by atoms with Crippen LogP contribution in [0.15, 0.2) is 62.8 Å². The highest BCUT2D eigenvalue weighted by molar-refractivity contribution is 9.10. The van der Waals surface area contributed by atoms with E-state index in [-0.39, 0.29) is 5.97 Å². The highest BCUT2D eigenvalue weighted by Gasteiger charge is 2.06. The van der Waals surface area contributed by atoms with Crippen LogP contribution in [-0.2, 0) is 4.74 Å². The van der Waals surface area contributed by atoms with Crippen LogP contribution in [-0.4, -0.2) is 12.6 Å². The van der Waals surface area contributed by atoms with Crippen LogP contribution in [0.5, 0.6) is 0 Å². The summed E-state index contributed by atoms with van der Waals surface area (Å²) < 4.78 is 6.01. The molecule has 2 rings (SSSR count). The van der Waals surface area contributed by atoms with Crippen molar-refractivity contribution in [3.8, 4) is 0 Å². The van der Waals surface area contributed by atoms with E-state index in [9.17, 15) is 4.79 Å². The predicted octanol–water partition coefficient (Wildman–Crippen LogP) is 4.78. The van der Waals surface area contributed by atoms with Crippen molar-refractivity contribution in [2.75, 3.05) is 6.61 Å². The molecule has 0 bridgehead atoms. The number of hydrogen-bond acceptors (Lipinski definition) is 3. The standard InChI is InChI=1S/C15H13BrO2S/c1-2-18-15(17)11-3-7-13(8-4-11)19-14-9-5-12(16)6-10-14/h3-10H,2H2,1H3. The molecule has 0 aliphatic heterocycles. The molecule has 0 atom stereocenters. The lowest BCUT2D eigenvalue weighted by atomic mass is 10.2. The van der Waals surface area contributed by atoms with Gasteiger partial charge < -0.3 is 4.74 Å². The highest BCUT2D eigenvalue weighted by atomic mass is 79.9. The zero-order valence-corrected chi connectivity index (χ0v) is 12.8. The molecule has 98 valence electrons. The minimum Gasteiger partial charge on any atom is -0.462 e. The number of ether oxygens (including phenoxy) is 1. The number of hydrogen-bond donors (Lipinski definition) is 0. The van der Waals surface area contributed by atoms with E-state index in [1.807, 2.05) is 36.4 Å². The van der Waals surface area contributed by atoms with Gasteiger partial charge in [0.05, 0.1) is 12.2 Å². The first-order valence-corrected chi connectivity index (χ1v) is 7.50. The van der Waals surface area contributed by atoms with Gasteiger partial charge in [0, 0.05) is 14.3 Å². The summed E-state index contributed by atoms with van der Waals surface area (Å²) in [6.07, 6.45) is 0. The molecule has 0 aliphatic rings. The summed E-state index contributed by atoms with van der Waals surface area (Å²) in [6, 6.07) is 15.6. The van der Waals surface area contributed by atoms with Gasteiger partial charge in [-0.1, -0.05) is 27.7 Å². The molecular weight excluding hydrogens is 324 g/mol. The van der Waals surface area contributed by atoms with Crippen molar-refractivity contribution in [1.29, 1.82) is 0 Å². The molecule has 0 spiro atoms. The third-order valence-electron chi connectivity index (χ3n) is 2.41. The molecule has 0 radical (unpaired) electrons. The second kappa shape index (κ2) is 6.78. The monoisotopic (exact) mass is 336 g/mol. The molecule has 0 aliphatic carbocycles. The first-order valence-electron chi connectivity index (χ1n) is 5.89. The molecule has 19 heavy (non-hydrogen) atoms. The fraction of sp³-hybridized carbons (Fsp3) is 0.133. The largest absolute Gasteiger partial charge is 0.462 e. The van der Waals surface area contributed by atoms with Gasteiger partial charge in [-0.05, 0) is 55.5 Å². The smallest absolute Gasteiger partial charge is 0.338 e. The van der Waals surface area contributed by atoms with E-state index in [4.69, 9.17) is 4.74 Å². The normalized spacial score (nSPS) is 10.2. The van der Waals surface area contributed by atoms with Crippen molar-refractivity contribution in [2.24, 2.45) is 0 Å². The van der Waals surface area contributed by atoms with Crippen molar-refractivity contribution in [3.63, 3.8) is 0 Å². The molecule has 0 heterocycles. The Morgan fingerprint density at radius 1 is 1.05 bits per heavy atom. The van der Waals surface area contributed by atoms with Gasteiger partial charge in [-0.2, -0.15) is 0 Å². The average Bonchev–Trinajstić information content (AvgIpc) is 2.42. The Bertz CT molecular complexity index is 549. The SMILES string of the molecule is CCOC(=O)c1ccc(Sc2ccc(Br)cc2)cc1. The van der Waals surface area contributed by atoms with Gasteiger partial charge in [0.1, 0.15) is 0 Å². The first-order chi connectivity index (χ1) is 9.19. The molecule has 0 aromatic heterocycles. The van der Waals surface area contributed by atoms with Crippen LogP contribution in [0.25, 0.3) is 0 Å². The van der Waals surface area contributed by atoms with Gasteiger partial charge in [0.2, 0.25) is 0 Å². The molecule has 0 fully saturated rings. The fourth-order valence-corrected chi connectivity index (χ4v) is 2.59. The van der Waals surface area contributed by atoms with Gasteiger partial charge in [0.15, 0.2) is 0 Å². The van der Waals surface area contributed by atoms with Crippen LogP contribution >= 0.6 is 27.7 Å². The first kappa shape index (κ1) is 14.2. The van der Waals surface area contributed by atoms with Crippen LogP contribution in [0.2, 0.25) is 0 Å². The molecule has 0 saturated heterocycles. The Morgan fingerprint density at radius 2 is 1.58 bits per heavy atom. The second-order valence-corrected chi connectivity index (χ2v) is 5.86. The molecular formula is C15H13BrO2S. The molecule has 2 nitrogen and oxygen atoms in total. The van der Waals surface area contributed by atoms with Crippen LogP contribution in [0.4, 0.5) is 0 Å². The number of carbonyl (C=O) groups is 1. The second-order valence-electron chi connectivity index (χ2n) is 3.80. The van der Waals surface area contributed by atoms with Crippen LogP contribution in [0.1, 0.15) is 17.3 Å².